The Kier molecular flexibility index (Phi) is 4.56. The van der Waals surface area contributed by atoms with Gasteiger partial charge in [0.1, 0.15) is 5.54 Å². The number of nitrogens with two attached hydrogens (primary N) is 1. The first-order valence-corrected chi connectivity index (χ1v) is 7.64. The minimum Gasteiger partial charge on any atom is -0.468 e. The molecule has 2 N–H and O–H groups in total. The number of carbonyl (C=O) groups is 1. The van der Waals surface area contributed by atoms with Crippen molar-refractivity contribution in [1.82, 2.24) is 0 Å². The Morgan fingerprint density at radius 1 is 1.50 bits per heavy atom. The van der Waals surface area contributed by atoms with Gasteiger partial charge in [0.05, 0.1) is 13.2 Å². The largest absolute Gasteiger partial charge is 0.468 e. The van der Waals surface area contributed by atoms with Gasteiger partial charge in [-0.3, -0.25) is 4.79 Å². The summed E-state index contributed by atoms with van der Waals surface area (Å²) < 4.78 is 10.4. The number of ether oxygens (including phenoxy) is 2. The quantitative estimate of drug-likeness (QED) is 0.793. The Hall–Kier alpha value is -0.260. The zero-order valence-corrected chi connectivity index (χ0v) is 12.0. The summed E-state index contributed by atoms with van der Waals surface area (Å²) >= 11 is 1.95. The molecule has 4 nitrogen and oxygen atoms in total. The van der Waals surface area contributed by atoms with E-state index in [4.69, 9.17) is 15.2 Å². The van der Waals surface area contributed by atoms with Crippen LogP contribution in [0.2, 0.25) is 0 Å². The molecule has 18 heavy (non-hydrogen) atoms. The van der Waals surface area contributed by atoms with Crippen molar-refractivity contribution in [2.45, 2.75) is 61.2 Å². The Labute approximate surface area is 113 Å². The average Bonchev–Trinajstić information content (AvgIpc) is 2.74. The van der Waals surface area contributed by atoms with Crippen molar-refractivity contribution in [1.29, 1.82) is 0 Å². The lowest BCUT2D eigenvalue weighted by molar-refractivity contribution is -0.148. The second-order valence-electron chi connectivity index (χ2n) is 5.41. The van der Waals surface area contributed by atoms with E-state index < -0.39 is 5.54 Å². The van der Waals surface area contributed by atoms with Crippen LogP contribution in [0.3, 0.4) is 0 Å². The molecule has 0 spiro atoms. The smallest absolute Gasteiger partial charge is 0.325 e. The van der Waals surface area contributed by atoms with Gasteiger partial charge in [-0.05, 0) is 39.0 Å². The van der Waals surface area contributed by atoms with Gasteiger partial charge in [-0.25, -0.2) is 0 Å². The number of esters is 1. The van der Waals surface area contributed by atoms with Crippen molar-refractivity contribution in [2.75, 3.05) is 13.7 Å². The first-order chi connectivity index (χ1) is 8.55. The van der Waals surface area contributed by atoms with Gasteiger partial charge in [0.25, 0.3) is 0 Å². The van der Waals surface area contributed by atoms with Crippen molar-refractivity contribution in [2.24, 2.45) is 5.73 Å². The number of hydrogen-bond donors (Lipinski definition) is 1. The molecule has 0 bridgehead atoms. The standard InChI is InChI=1S/C13H23NO3S/c1-9-11(5-7-17-9)18-10-4-3-6-13(14,8-10)12(15)16-2/h9-11H,3-8,14H2,1-2H3. The summed E-state index contributed by atoms with van der Waals surface area (Å²) in [6.07, 6.45) is 5.05. The molecule has 4 unspecified atom stereocenters. The topological polar surface area (TPSA) is 61.5 Å². The molecule has 104 valence electrons. The highest BCUT2D eigenvalue weighted by Crippen LogP contribution is 2.39. The molecule has 1 saturated heterocycles. The summed E-state index contributed by atoms with van der Waals surface area (Å²) in [5.41, 5.74) is 5.42. The van der Waals surface area contributed by atoms with E-state index in [9.17, 15) is 4.79 Å². The van der Waals surface area contributed by atoms with Crippen molar-refractivity contribution in [3.8, 4) is 0 Å². The molecule has 0 aromatic rings. The Morgan fingerprint density at radius 2 is 2.28 bits per heavy atom. The molecule has 0 aromatic carbocycles. The SMILES string of the molecule is COC(=O)C1(N)CCCC(SC2CCOC2C)C1. The van der Waals surface area contributed by atoms with Crippen LogP contribution in [0.1, 0.15) is 39.0 Å². The van der Waals surface area contributed by atoms with Crippen LogP contribution in [0.15, 0.2) is 0 Å². The predicted molar refractivity (Wildman–Crippen MR) is 72.6 cm³/mol. The van der Waals surface area contributed by atoms with E-state index in [1.165, 1.54) is 7.11 Å². The second kappa shape index (κ2) is 5.80. The zero-order chi connectivity index (χ0) is 13.2. The lowest BCUT2D eigenvalue weighted by Crippen LogP contribution is -2.52. The molecule has 2 aliphatic rings. The van der Waals surface area contributed by atoms with Gasteiger partial charge in [-0.2, -0.15) is 11.8 Å². The molecule has 1 heterocycles. The van der Waals surface area contributed by atoms with Crippen LogP contribution in [-0.4, -0.2) is 41.8 Å². The van der Waals surface area contributed by atoms with Gasteiger partial charge in [-0.1, -0.05) is 0 Å². The molecule has 2 fully saturated rings. The van der Waals surface area contributed by atoms with Gasteiger partial charge in [0, 0.05) is 17.1 Å². The lowest BCUT2D eigenvalue weighted by atomic mass is 9.82. The van der Waals surface area contributed by atoms with Crippen LogP contribution in [0.5, 0.6) is 0 Å². The number of hydrogen-bond acceptors (Lipinski definition) is 5. The van der Waals surface area contributed by atoms with Gasteiger partial charge in [-0.15, -0.1) is 0 Å². The molecule has 0 aromatic heterocycles. The van der Waals surface area contributed by atoms with E-state index >= 15 is 0 Å². The molecule has 0 amide bonds. The van der Waals surface area contributed by atoms with E-state index in [0.29, 0.717) is 16.6 Å². The fraction of sp³-hybridized carbons (Fsp3) is 0.923. The molecule has 1 aliphatic carbocycles. The van der Waals surface area contributed by atoms with Gasteiger partial charge in [0.15, 0.2) is 0 Å². The molecular formula is C13H23NO3S. The first-order valence-electron chi connectivity index (χ1n) is 6.69. The normalized spacial score (nSPS) is 40.7. The Balaban J connectivity index is 1.92. The van der Waals surface area contributed by atoms with Gasteiger partial charge < -0.3 is 15.2 Å². The summed E-state index contributed by atoms with van der Waals surface area (Å²) in [5.74, 6) is -0.261. The molecule has 5 heteroatoms. The van der Waals surface area contributed by atoms with Crippen molar-refractivity contribution in [3.63, 3.8) is 0 Å². The van der Waals surface area contributed by atoms with Crippen molar-refractivity contribution >= 4 is 17.7 Å². The highest BCUT2D eigenvalue weighted by Gasteiger charge is 2.41. The molecular weight excluding hydrogens is 250 g/mol. The minimum atomic E-state index is -0.770. The van der Waals surface area contributed by atoms with E-state index in [0.717, 1.165) is 38.7 Å². The third kappa shape index (κ3) is 3.00. The fourth-order valence-corrected chi connectivity index (χ4v) is 4.62. The van der Waals surface area contributed by atoms with E-state index in [1.807, 2.05) is 11.8 Å². The third-order valence-electron chi connectivity index (χ3n) is 4.01. The summed E-state index contributed by atoms with van der Waals surface area (Å²) in [7, 11) is 1.42. The Bertz CT molecular complexity index is 313. The number of carbonyl (C=O) groups excluding carboxylic acids is 1. The van der Waals surface area contributed by atoms with Crippen LogP contribution < -0.4 is 5.73 Å². The van der Waals surface area contributed by atoms with E-state index in [-0.39, 0.29) is 5.97 Å². The summed E-state index contributed by atoms with van der Waals surface area (Å²) in [4.78, 5) is 11.8. The molecule has 2 rings (SSSR count). The third-order valence-corrected chi connectivity index (χ3v) is 5.76. The lowest BCUT2D eigenvalue weighted by Gasteiger charge is -2.36. The van der Waals surface area contributed by atoms with Crippen LogP contribution in [0.4, 0.5) is 0 Å². The average molecular weight is 273 g/mol. The molecule has 4 atom stereocenters. The maximum absolute atomic E-state index is 11.8. The van der Waals surface area contributed by atoms with Gasteiger partial charge >= 0.3 is 5.97 Å². The van der Waals surface area contributed by atoms with Crippen LogP contribution in [0.25, 0.3) is 0 Å². The Morgan fingerprint density at radius 3 is 2.89 bits per heavy atom. The maximum Gasteiger partial charge on any atom is 0.325 e. The number of methoxy groups -OCH3 is 1. The number of rotatable bonds is 3. The van der Waals surface area contributed by atoms with Crippen molar-refractivity contribution in [3.05, 3.63) is 0 Å². The summed E-state index contributed by atoms with van der Waals surface area (Å²) in [6, 6.07) is 0. The second-order valence-corrected chi connectivity index (χ2v) is 6.95. The summed E-state index contributed by atoms with van der Waals surface area (Å²) in [5, 5.41) is 1.01. The number of thioether (sulfide) groups is 1. The van der Waals surface area contributed by atoms with Crippen LogP contribution >= 0.6 is 11.8 Å². The highest BCUT2D eigenvalue weighted by atomic mass is 32.2. The highest BCUT2D eigenvalue weighted by molar-refractivity contribution is 8.00. The van der Waals surface area contributed by atoms with Crippen molar-refractivity contribution < 1.29 is 14.3 Å². The molecule has 1 aliphatic heterocycles. The van der Waals surface area contributed by atoms with E-state index in [1.54, 1.807) is 0 Å². The zero-order valence-electron chi connectivity index (χ0n) is 11.2. The van der Waals surface area contributed by atoms with E-state index in [2.05, 4.69) is 6.92 Å². The first kappa shape index (κ1) is 14.2. The monoisotopic (exact) mass is 273 g/mol. The fourth-order valence-electron chi connectivity index (χ4n) is 2.90. The van der Waals surface area contributed by atoms with Gasteiger partial charge in [0.2, 0.25) is 0 Å². The minimum absolute atomic E-state index is 0.261. The summed E-state index contributed by atoms with van der Waals surface area (Å²) in [6.45, 7) is 2.99. The van der Waals surface area contributed by atoms with Crippen LogP contribution in [0, 0.1) is 0 Å². The van der Waals surface area contributed by atoms with Crippen LogP contribution in [-0.2, 0) is 14.3 Å². The predicted octanol–water partition coefficient (Wildman–Crippen LogP) is 1.71. The maximum atomic E-state index is 11.8. The molecule has 0 radical (unpaired) electrons. The molecule has 1 saturated carbocycles.